The van der Waals surface area contributed by atoms with Gasteiger partial charge in [-0.05, 0) is 31.9 Å². The fraction of sp³-hybridized carbons (Fsp3) is 0.579. The summed E-state index contributed by atoms with van der Waals surface area (Å²) in [7, 11) is 0. The van der Waals surface area contributed by atoms with Gasteiger partial charge in [0.25, 0.3) is 0 Å². The molecule has 2 heterocycles. The summed E-state index contributed by atoms with van der Waals surface area (Å²) in [4.78, 5) is 27.7. The highest BCUT2D eigenvalue weighted by Gasteiger charge is 2.36. The van der Waals surface area contributed by atoms with Gasteiger partial charge in [0.15, 0.2) is 0 Å². The molecule has 1 saturated carbocycles. The molecule has 25 heavy (non-hydrogen) atoms. The van der Waals surface area contributed by atoms with Crippen molar-refractivity contribution in [2.24, 2.45) is 0 Å². The average Bonchev–Trinajstić information content (AvgIpc) is 2.92. The highest BCUT2D eigenvalue weighted by molar-refractivity contribution is 5.81. The van der Waals surface area contributed by atoms with E-state index in [9.17, 15) is 9.59 Å². The van der Waals surface area contributed by atoms with Crippen molar-refractivity contribution in [3.05, 3.63) is 34.7 Å². The number of benzene rings is 1. The van der Waals surface area contributed by atoms with Crippen molar-refractivity contribution in [2.75, 3.05) is 13.2 Å². The van der Waals surface area contributed by atoms with Gasteiger partial charge in [-0.1, -0.05) is 25.0 Å². The molecule has 1 aromatic carbocycles. The van der Waals surface area contributed by atoms with Crippen LogP contribution in [-0.4, -0.2) is 45.2 Å². The van der Waals surface area contributed by atoms with E-state index < -0.39 is 0 Å². The topological polar surface area (TPSA) is 56.5 Å². The molecule has 0 unspecified atom stereocenters. The lowest BCUT2D eigenvalue weighted by molar-refractivity contribution is -0.150. The number of fused-ring (bicyclic) bond motifs is 2. The van der Waals surface area contributed by atoms with Crippen LogP contribution in [0.25, 0.3) is 11.0 Å². The number of carbonyl (C=O) groups is 1. The van der Waals surface area contributed by atoms with Crippen LogP contribution in [0.2, 0.25) is 0 Å². The third-order valence-corrected chi connectivity index (χ3v) is 5.59. The van der Waals surface area contributed by atoms with Crippen molar-refractivity contribution in [1.82, 2.24) is 14.0 Å². The summed E-state index contributed by atoms with van der Waals surface area (Å²) < 4.78 is 9.21. The van der Waals surface area contributed by atoms with E-state index in [0.717, 1.165) is 30.3 Å². The number of amides is 1. The lowest BCUT2D eigenvalue weighted by atomic mass is 9.90. The number of imidazole rings is 1. The molecule has 2 fully saturated rings. The molecule has 1 aliphatic carbocycles. The smallest absolute Gasteiger partial charge is 0.329 e. The summed E-state index contributed by atoms with van der Waals surface area (Å²) in [5.74, 6) is 0.0290. The lowest BCUT2D eigenvalue weighted by Gasteiger charge is -2.43. The first kappa shape index (κ1) is 16.4. The maximum absolute atomic E-state index is 13.0. The van der Waals surface area contributed by atoms with E-state index in [1.54, 1.807) is 9.13 Å². The molecule has 1 aliphatic heterocycles. The fourth-order valence-corrected chi connectivity index (χ4v) is 4.36. The summed E-state index contributed by atoms with van der Waals surface area (Å²) >= 11 is 0. The Kier molecular flexibility index (Phi) is 4.37. The van der Waals surface area contributed by atoms with E-state index in [4.69, 9.17) is 4.74 Å². The molecule has 2 atom stereocenters. The Hall–Kier alpha value is -2.08. The maximum Gasteiger partial charge on any atom is 0.329 e. The second-order valence-corrected chi connectivity index (χ2v) is 6.95. The molecule has 2 aliphatic rings. The summed E-state index contributed by atoms with van der Waals surface area (Å²) in [6, 6.07) is 7.86. The Morgan fingerprint density at radius 2 is 1.88 bits per heavy atom. The van der Waals surface area contributed by atoms with Gasteiger partial charge in [-0.2, -0.15) is 0 Å². The van der Waals surface area contributed by atoms with Crippen LogP contribution in [0.3, 0.4) is 0 Å². The Labute approximate surface area is 147 Å². The second-order valence-electron chi connectivity index (χ2n) is 6.95. The van der Waals surface area contributed by atoms with E-state index in [2.05, 4.69) is 0 Å². The number of aromatic nitrogens is 2. The van der Waals surface area contributed by atoms with E-state index in [1.165, 1.54) is 6.42 Å². The van der Waals surface area contributed by atoms with Gasteiger partial charge in [-0.25, -0.2) is 4.79 Å². The third-order valence-electron chi connectivity index (χ3n) is 5.59. The van der Waals surface area contributed by atoms with Crippen molar-refractivity contribution in [3.8, 4) is 0 Å². The molecule has 1 amide bonds. The van der Waals surface area contributed by atoms with Crippen molar-refractivity contribution < 1.29 is 9.53 Å². The molecule has 0 bridgehead atoms. The van der Waals surface area contributed by atoms with Crippen molar-refractivity contribution in [1.29, 1.82) is 0 Å². The SMILES string of the molecule is CCn1c(=O)n(CC(=O)N2CCO[C@@H]3CCCC[C@H]32)c2ccccc21. The molecule has 0 radical (unpaired) electrons. The minimum absolute atomic E-state index is 0.0290. The lowest BCUT2D eigenvalue weighted by Crippen LogP contribution is -2.55. The number of hydrogen-bond acceptors (Lipinski definition) is 3. The van der Waals surface area contributed by atoms with E-state index in [1.807, 2.05) is 36.1 Å². The predicted octanol–water partition coefficient (Wildman–Crippen LogP) is 1.99. The zero-order valence-electron chi connectivity index (χ0n) is 14.7. The number of rotatable bonds is 3. The van der Waals surface area contributed by atoms with Crippen LogP contribution in [0, 0.1) is 0 Å². The Morgan fingerprint density at radius 1 is 1.16 bits per heavy atom. The van der Waals surface area contributed by atoms with Gasteiger partial charge >= 0.3 is 5.69 Å². The highest BCUT2D eigenvalue weighted by atomic mass is 16.5. The fourth-order valence-electron chi connectivity index (χ4n) is 4.36. The number of aryl methyl sites for hydroxylation is 1. The van der Waals surface area contributed by atoms with Gasteiger partial charge in [-0.15, -0.1) is 0 Å². The standard InChI is InChI=1S/C19H25N3O3/c1-2-20-14-7-3-4-8-15(14)22(19(20)24)13-18(23)21-11-12-25-17-10-6-5-9-16(17)21/h3-4,7-8,16-17H,2,5-6,9-13H2,1H3/t16-,17-/m1/s1. The molecule has 4 rings (SSSR count). The zero-order chi connectivity index (χ0) is 17.4. The number of nitrogens with zero attached hydrogens (tertiary/aromatic N) is 3. The van der Waals surface area contributed by atoms with Crippen LogP contribution in [0.5, 0.6) is 0 Å². The van der Waals surface area contributed by atoms with Crippen LogP contribution >= 0.6 is 0 Å². The van der Waals surface area contributed by atoms with Crippen molar-refractivity contribution >= 4 is 16.9 Å². The molecule has 1 saturated heterocycles. The first-order valence-electron chi connectivity index (χ1n) is 9.30. The summed E-state index contributed by atoms with van der Waals surface area (Å²) in [5.41, 5.74) is 1.61. The largest absolute Gasteiger partial charge is 0.374 e. The van der Waals surface area contributed by atoms with E-state index in [-0.39, 0.29) is 30.3 Å². The minimum Gasteiger partial charge on any atom is -0.374 e. The summed E-state index contributed by atoms with van der Waals surface area (Å²) in [5, 5.41) is 0. The van der Waals surface area contributed by atoms with Crippen molar-refractivity contribution in [3.63, 3.8) is 0 Å². The van der Waals surface area contributed by atoms with E-state index >= 15 is 0 Å². The van der Waals surface area contributed by atoms with Crippen LogP contribution in [0.1, 0.15) is 32.6 Å². The Morgan fingerprint density at radius 3 is 2.64 bits per heavy atom. The molecular formula is C19H25N3O3. The molecule has 0 spiro atoms. The number of morpholine rings is 1. The molecule has 6 heteroatoms. The predicted molar refractivity (Wildman–Crippen MR) is 95.6 cm³/mol. The molecule has 0 N–H and O–H groups in total. The number of hydrogen-bond donors (Lipinski definition) is 0. The van der Waals surface area contributed by atoms with Gasteiger partial charge < -0.3 is 9.64 Å². The molecule has 1 aromatic heterocycles. The zero-order valence-corrected chi connectivity index (χ0v) is 14.7. The van der Waals surface area contributed by atoms with Crippen LogP contribution < -0.4 is 5.69 Å². The van der Waals surface area contributed by atoms with Crippen LogP contribution in [0.4, 0.5) is 0 Å². The third kappa shape index (κ3) is 2.78. The summed E-state index contributed by atoms with van der Waals surface area (Å²) in [6.45, 7) is 3.88. The van der Waals surface area contributed by atoms with Crippen LogP contribution in [0.15, 0.2) is 29.1 Å². The molecular weight excluding hydrogens is 318 g/mol. The first-order valence-corrected chi connectivity index (χ1v) is 9.30. The Balaban J connectivity index is 1.64. The minimum atomic E-state index is -0.106. The highest BCUT2D eigenvalue weighted by Crippen LogP contribution is 2.28. The summed E-state index contributed by atoms with van der Waals surface area (Å²) in [6.07, 6.45) is 4.52. The van der Waals surface area contributed by atoms with Gasteiger partial charge in [-0.3, -0.25) is 13.9 Å². The molecule has 6 nitrogen and oxygen atoms in total. The normalized spacial score (nSPS) is 23.6. The molecule has 2 aromatic rings. The number of carbonyl (C=O) groups excluding carboxylic acids is 1. The van der Waals surface area contributed by atoms with Gasteiger partial charge in [0.05, 0.1) is 29.8 Å². The average molecular weight is 343 g/mol. The first-order chi connectivity index (χ1) is 12.2. The monoisotopic (exact) mass is 343 g/mol. The second kappa shape index (κ2) is 6.67. The van der Waals surface area contributed by atoms with E-state index in [0.29, 0.717) is 19.7 Å². The van der Waals surface area contributed by atoms with Gasteiger partial charge in [0, 0.05) is 13.1 Å². The Bertz CT molecular complexity index is 836. The molecule has 134 valence electrons. The number of ether oxygens (including phenoxy) is 1. The number of para-hydroxylation sites is 2. The quantitative estimate of drug-likeness (QED) is 0.856. The van der Waals surface area contributed by atoms with Gasteiger partial charge in [0.1, 0.15) is 6.54 Å². The maximum atomic E-state index is 13.0. The van der Waals surface area contributed by atoms with Crippen LogP contribution in [-0.2, 0) is 22.6 Å². The van der Waals surface area contributed by atoms with Crippen molar-refractivity contribution in [2.45, 2.75) is 57.8 Å². The van der Waals surface area contributed by atoms with Gasteiger partial charge in [0.2, 0.25) is 5.91 Å².